The lowest BCUT2D eigenvalue weighted by Crippen LogP contribution is -2.32. The third-order valence-corrected chi connectivity index (χ3v) is 3.14. The van der Waals surface area contributed by atoms with E-state index in [0.717, 1.165) is 0 Å². The number of aryl methyl sites for hydroxylation is 2. The molecule has 0 spiro atoms. The van der Waals surface area contributed by atoms with Gasteiger partial charge in [-0.3, -0.25) is 19.1 Å². The minimum atomic E-state index is -0.479. The van der Waals surface area contributed by atoms with Crippen LogP contribution in [0.25, 0.3) is 0 Å². The topological polar surface area (TPSA) is 71.9 Å². The molecule has 0 aliphatic heterocycles. The molecule has 0 amide bonds. The van der Waals surface area contributed by atoms with E-state index in [1.807, 2.05) is 13.0 Å². The normalized spacial score (nSPS) is 10.4. The standard InChI is InChI=1S/C15H16N2O3/c1-2-11-10-17(15(20)16-14(11)19)9-8-13(18)12-6-4-3-5-7-12/h3-7,10H,2,8-9H2,1H3,(H,16,19,20). The van der Waals surface area contributed by atoms with Gasteiger partial charge in [0.15, 0.2) is 5.78 Å². The third-order valence-electron chi connectivity index (χ3n) is 3.14. The molecule has 2 rings (SSSR count). The molecule has 104 valence electrons. The first-order valence-electron chi connectivity index (χ1n) is 6.52. The number of carbonyl (C=O) groups excluding carboxylic acids is 1. The van der Waals surface area contributed by atoms with E-state index in [9.17, 15) is 14.4 Å². The number of ketones is 1. The fourth-order valence-electron chi connectivity index (χ4n) is 1.96. The molecule has 0 fully saturated rings. The average molecular weight is 272 g/mol. The predicted molar refractivity (Wildman–Crippen MR) is 76.1 cm³/mol. The number of nitrogens with zero attached hydrogens (tertiary/aromatic N) is 1. The Labute approximate surface area is 115 Å². The van der Waals surface area contributed by atoms with E-state index in [1.54, 1.807) is 24.3 Å². The number of hydrogen-bond acceptors (Lipinski definition) is 3. The SMILES string of the molecule is CCc1cn(CCC(=O)c2ccccc2)c(=O)[nH]c1=O. The molecule has 5 heteroatoms. The second-order valence-corrected chi connectivity index (χ2v) is 4.50. The van der Waals surface area contributed by atoms with Crippen LogP contribution in [0.1, 0.15) is 29.3 Å². The molecule has 1 N–H and O–H groups in total. The van der Waals surface area contributed by atoms with Crippen molar-refractivity contribution in [3.8, 4) is 0 Å². The molecule has 0 aliphatic carbocycles. The lowest BCUT2D eigenvalue weighted by atomic mass is 10.1. The minimum absolute atomic E-state index is 0.0262. The van der Waals surface area contributed by atoms with Crippen LogP contribution in [0.15, 0.2) is 46.1 Å². The lowest BCUT2D eigenvalue weighted by Gasteiger charge is -2.06. The summed E-state index contributed by atoms with van der Waals surface area (Å²) in [6, 6.07) is 8.94. The molecule has 20 heavy (non-hydrogen) atoms. The van der Waals surface area contributed by atoms with Crippen molar-refractivity contribution in [3.63, 3.8) is 0 Å². The fourth-order valence-corrected chi connectivity index (χ4v) is 1.96. The van der Waals surface area contributed by atoms with Gasteiger partial charge < -0.3 is 0 Å². The van der Waals surface area contributed by atoms with E-state index in [-0.39, 0.29) is 24.3 Å². The van der Waals surface area contributed by atoms with Crippen molar-refractivity contribution in [2.45, 2.75) is 26.3 Å². The smallest absolute Gasteiger partial charge is 0.300 e. The maximum absolute atomic E-state index is 12.0. The summed E-state index contributed by atoms with van der Waals surface area (Å²) in [4.78, 5) is 37.3. The van der Waals surface area contributed by atoms with Crippen LogP contribution < -0.4 is 11.2 Å². The maximum atomic E-state index is 12.0. The molecule has 0 aliphatic rings. The highest BCUT2D eigenvalue weighted by molar-refractivity contribution is 5.95. The van der Waals surface area contributed by atoms with Gasteiger partial charge in [-0.1, -0.05) is 37.3 Å². The Hall–Kier alpha value is -2.43. The van der Waals surface area contributed by atoms with Crippen LogP contribution in [0.3, 0.4) is 0 Å². The first-order chi connectivity index (χ1) is 9.61. The number of rotatable bonds is 5. The van der Waals surface area contributed by atoms with Gasteiger partial charge in [-0.05, 0) is 6.42 Å². The van der Waals surface area contributed by atoms with E-state index in [0.29, 0.717) is 17.5 Å². The molecule has 0 bridgehead atoms. The monoisotopic (exact) mass is 272 g/mol. The summed E-state index contributed by atoms with van der Waals surface area (Å²) in [5, 5.41) is 0. The van der Waals surface area contributed by atoms with Gasteiger partial charge in [-0.2, -0.15) is 0 Å². The maximum Gasteiger partial charge on any atom is 0.328 e. The third kappa shape index (κ3) is 3.12. The van der Waals surface area contributed by atoms with E-state index in [1.165, 1.54) is 10.8 Å². The fraction of sp³-hybridized carbons (Fsp3) is 0.267. The highest BCUT2D eigenvalue weighted by Gasteiger charge is 2.07. The highest BCUT2D eigenvalue weighted by atomic mass is 16.2. The zero-order valence-corrected chi connectivity index (χ0v) is 11.3. The summed E-state index contributed by atoms with van der Waals surface area (Å²) in [5.74, 6) is -0.0262. The number of hydrogen-bond donors (Lipinski definition) is 1. The first kappa shape index (κ1) is 14.0. The number of benzene rings is 1. The minimum Gasteiger partial charge on any atom is -0.300 e. The molecule has 0 radical (unpaired) electrons. The zero-order valence-electron chi connectivity index (χ0n) is 11.3. The summed E-state index contributed by atoms with van der Waals surface area (Å²) in [6.45, 7) is 2.10. The molecule has 1 aromatic heterocycles. The van der Waals surface area contributed by atoms with Crippen LogP contribution in [0.4, 0.5) is 0 Å². The van der Waals surface area contributed by atoms with Crippen LogP contribution in [-0.4, -0.2) is 15.3 Å². The van der Waals surface area contributed by atoms with Crippen LogP contribution in [0, 0.1) is 0 Å². The van der Waals surface area contributed by atoms with Gasteiger partial charge >= 0.3 is 5.69 Å². The molecule has 0 saturated heterocycles. The van der Waals surface area contributed by atoms with Crippen LogP contribution in [-0.2, 0) is 13.0 Å². The Morgan fingerprint density at radius 2 is 1.90 bits per heavy atom. The Kier molecular flexibility index (Phi) is 4.30. The van der Waals surface area contributed by atoms with Gasteiger partial charge in [-0.25, -0.2) is 4.79 Å². The first-order valence-corrected chi connectivity index (χ1v) is 6.52. The molecule has 0 saturated carbocycles. The van der Waals surface area contributed by atoms with E-state index in [4.69, 9.17) is 0 Å². The summed E-state index contributed by atoms with van der Waals surface area (Å²) in [6.07, 6.45) is 2.29. The largest absolute Gasteiger partial charge is 0.328 e. The van der Waals surface area contributed by atoms with Crippen molar-refractivity contribution in [2.24, 2.45) is 0 Å². The molecule has 1 heterocycles. The van der Waals surface area contributed by atoms with Crippen molar-refractivity contribution >= 4 is 5.78 Å². The molecule has 0 unspecified atom stereocenters. The van der Waals surface area contributed by atoms with Crippen LogP contribution >= 0.6 is 0 Å². The van der Waals surface area contributed by atoms with Gasteiger partial charge in [0, 0.05) is 30.3 Å². The van der Waals surface area contributed by atoms with Crippen molar-refractivity contribution in [1.82, 2.24) is 9.55 Å². The van der Waals surface area contributed by atoms with Crippen molar-refractivity contribution < 1.29 is 4.79 Å². The zero-order chi connectivity index (χ0) is 14.5. The molecular formula is C15H16N2O3. The van der Waals surface area contributed by atoms with E-state index >= 15 is 0 Å². The van der Waals surface area contributed by atoms with Crippen LogP contribution in [0.2, 0.25) is 0 Å². The number of aromatic amines is 1. The van der Waals surface area contributed by atoms with E-state index in [2.05, 4.69) is 4.98 Å². The Morgan fingerprint density at radius 3 is 2.55 bits per heavy atom. The van der Waals surface area contributed by atoms with Gasteiger partial charge in [-0.15, -0.1) is 0 Å². The Balaban J connectivity index is 2.14. The predicted octanol–water partition coefficient (Wildman–Crippen LogP) is 1.37. The van der Waals surface area contributed by atoms with Gasteiger partial charge in [0.2, 0.25) is 0 Å². The summed E-state index contributed by atoms with van der Waals surface area (Å²) in [5.41, 5.74) is 0.327. The second-order valence-electron chi connectivity index (χ2n) is 4.50. The highest BCUT2D eigenvalue weighted by Crippen LogP contribution is 2.03. The van der Waals surface area contributed by atoms with Gasteiger partial charge in [0.1, 0.15) is 0 Å². The number of nitrogens with one attached hydrogen (secondary N) is 1. The lowest BCUT2D eigenvalue weighted by molar-refractivity contribution is 0.0976. The van der Waals surface area contributed by atoms with Crippen molar-refractivity contribution in [1.29, 1.82) is 0 Å². The average Bonchev–Trinajstić information content (AvgIpc) is 2.47. The summed E-state index contributed by atoms with van der Waals surface area (Å²) < 4.78 is 1.38. The summed E-state index contributed by atoms with van der Waals surface area (Å²) >= 11 is 0. The van der Waals surface area contributed by atoms with Gasteiger partial charge in [0.05, 0.1) is 0 Å². The van der Waals surface area contributed by atoms with Crippen molar-refractivity contribution in [2.75, 3.05) is 0 Å². The summed E-state index contributed by atoms with van der Waals surface area (Å²) in [7, 11) is 0. The number of carbonyl (C=O) groups is 1. The van der Waals surface area contributed by atoms with Gasteiger partial charge in [0.25, 0.3) is 5.56 Å². The number of aromatic nitrogens is 2. The molecule has 0 atom stereocenters. The Bertz CT molecular complexity index is 714. The molecule has 2 aromatic rings. The second kappa shape index (κ2) is 6.14. The molecule has 5 nitrogen and oxygen atoms in total. The Morgan fingerprint density at radius 1 is 1.20 bits per heavy atom. The van der Waals surface area contributed by atoms with Crippen molar-refractivity contribution in [3.05, 3.63) is 68.5 Å². The quantitative estimate of drug-likeness (QED) is 0.836. The molecule has 1 aromatic carbocycles. The van der Waals surface area contributed by atoms with Crippen LogP contribution in [0.5, 0.6) is 0 Å². The number of H-pyrrole nitrogens is 1. The molecular weight excluding hydrogens is 256 g/mol. The van der Waals surface area contributed by atoms with E-state index < -0.39 is 5.69 Å². The number of Topliss-reactive ketones (excluding diaryl/α,β-unsaturated/α-hetero) is 1.